The summed E-state index contributed by atoms with van der Waals surface area (Å²) < 4.78 is 2.37. The van der Waals surface area contributed by atoms with Crippen molar-refractivity contribution in [3.8, 4) is 0 Å². The molecule has 3 aromatic rings. The van der Waals surface area contributed by atoms with E-state index in [0.717, 1.165) is 29.5 Å². The van der Waals surface area contributed by atoms with Crippen LogP contribution in [0.5, 0.6) is 0 Å². The molecular formula is C23H29N5O3S. The minimum absolute atomic E-state index is 0.00189. The third-order valence-corrected chi connectivity index (χ3v) is 6.17. The first kappa shape index (κ1) is 23.7. The Labute approximate surface area is 191 Å². The Morgan fingerprint density at radius 3 is 2.41 bits per heavy atom. The molecule has 8 nitrogen and oxygen atoms in total. The molecule has 0 spiro atoms. The summed E-state index contributed by atoms with van der Waals surface area (Å²) in [4.78, 5) is 46.7. The van der Waals surface area contributed by atoms with Gasteiger partial charge in [0.2, 0.25) is 5.91 Å². The van der Waals surface area contributed by atoms with E-state index in [1.807, 2.05) is 38.1 Å². The summed E-state index contributed by atoms with van der Waals surface area (Å²) >= 11 is 1.17. The van der Waals surface area contributed by atoms with Crippen LogP contribution in [0, 0.1) is 0 Å². The zero-order valence-electron chi connectivity index (χ0n) is 19.1. The van der Waals surface area contributed by atoms with Gasteiger partial charge >= 0.3 is 5.69 Å². The summed E-state index contributed by atoms with van der Waals surface area (Å²) in [6.45, 7) is 6.03. The number of benzene rings is 1. The number of rotatable bonds is 8. The van der Waals surface area contributed by atoms with Gasteiger partial charge < -0.3 is 5.32 Å². The van der Waals surface area contributed by atoms with Crippen molar-refractivity contribution in [3.05, 3.63) is 56.5 Å². The Kier molecular flexibility index (Phi) is 7.50. The fourth-order valence-electron chi connectivity index (χ4n) is 3.27. The normalized spacial score (nSPS) is 11.3. The molecule has 0 aliphatic heterocycles. The van der Waals surface area contributed by atoms with Gasteiger partial charge in [0.25, 0.3) is 5.56 Å². The van der Waals surface area contributed by atoms with Crippen molar-refractivity contribution in [2.75, 3.05) is 11.1 Å². The number of nitrogens with one attached hydrogen (secondary N) is 1. The maximum atomic E-state index is 12.8. The molecule has 1 aromatic carbocycles. The van der Waals surface area contributed by atoms with Crippen LogP contribution in [0.3, 0.4) is 0 Å². The largest absolute Gasteiger partial charge is 0.332 e. The molecule has 0 bridgehead atoms. The number of fused-ring (bicyclic) bond motifs is 1. The molecule has 0 radical (unpaired) electrons. The summed E-state index contributed by atoms with van der Waals surface area (Å²) in [5, 5.41) is 3.54. The lowest BCUT2D eigenvalue weighted by Gasteiger charge is -2.13. The van der Waals surface area contributed by atoms with Crippen LogP contribution < -0.4 is 16.6 Å². The highest BCUT2D eigenvalue weighted by Crippen LogP contribution is 2.24. The van der Waals surface area contributed by atoms with Crippen LogP contribution in [-0.4, -0.2) is 30.8 Å². The molecule has 0 aliphatic rings. The molecular weight excluding hydrogens is 426 g/mol. The average Bonchev–Trinajstić information content (AvgIpc) is 2.78. The molecule has 0 aliphatic carbocycles. The molecule has 32 heavy (non-hydrogen) atoms. The lowest BCUT2D eigenvalue weighted by atomic mass is 10.1. The number of carbonyl (C=O) groups excluding carboxylic acids is 1. The lowest BCUT2D eigenvalue weighted by Crippen LogP contribution is -2.38. The third kappa shape index (κ3) is 5.09. The minimum atomic E-state index is -0.469. The predicted molar refractivity (Wildman–Crippen MR) is 129 cm³/mol. The quantitative estimate of drug-likeness (QED) is 0.414. The van der Waals surface area contributed by atoms with Gasteiger partial charge in [-0.2, -0.15) is 0 Å². The summed E-state index contributed by atoms with van der Waals surface area (Å²) in [6, 6.07) is 7.84. The van der Waals surface area contributed by atoms with E-state index in [9.17, 15) is 14.4 Å². The number of nitrogens with zero attached hydrogens (tertiary/aromatic N) is 4. The zero-order valence-corrected chi connectivity index (χ0v) is 20.0. The van der Waals surface area contributed by atoms with Crippen LogP contribution in [0.2, 0.25) is 0 Å². The van der Waals surface area contributed by atoms with Crippen LogP contribution in [-0.2, 0) is 25.3 Å². The summed E-state index contributed by atoms with van der Waals surface area (Å²) in [5.74, 6) is 0.396. The first-order chi connectivity index (χ1) is 15.2. The van der Waals surface area contributed by atoms with Crippen molar-refractivity contribution in [1.29, 1.82) is 0 Å². The predicted octanol–water partition coefficient (Wildman–Crippen LogP) is 3.22. The van der Waals surface area contributed by atoms with E-state index >= 15 is 0 Å². The van der Waals surface area contributed by atoms with Gasteiger partial charge in [0.15, 0.2) is 5.65 Å². The van der Waals surface area contributed by atoms with Crippen molar-refractivity contribution >= 4 is 34.4 Å². The van der Waals surface area contributed by atoms with Gasteiger partial charge in [0.05, 0.1) is 5.75 Å². The van der Waals surface area contributed by atoms with Crippen LogP contribution in [0.1, 0.15) is 50.9 Å². The van der Waals surface area contributed by atoms with E-state index in [1.165, 1.54) is 28.9 Å². The molecule has 9 heteroatoms. The number of hydrogen-bond acceptors (Lipinski definition) is 6. The smallest absolute Gasteiger partial charge is 0.325 e. The highest BCUT2D eigenvalue weighted by molar-refractivity contribution is 8.00. The van der Waals surface area contributed by atoms with Gasteiger partial charge in [0, 0.05) is 25.7 Å². The second kappa shape index (κ2) is 10.1. The molecule has 2 heterocycles. The number of unbranched alkanes of at least 4 members (excludes halogenated alkanes) is 1. The van der Waals surface area contributed by atoms with Gasteiger partial charge in [-0.1, -0.05) is 51.1 Å². The number of thioether (sulfide) groups is 1. The maximum Gasteiger partial charge on any atom is 0.332 e. The number of hydrogen-bond donors (Lipinski definition) is 1. The Morgan fingerprint density at radius 1 is 1.09 bits per heavy atom. The fraction of sp³-hybridized carbons (Fsp3) is 0.435. The molecule has 3 rings (SSSR count). The Morgan fingerprint density at radius 2 is 1.78 bits per heavy atom. The van der Waals surface area contributed by atoms with E-state index < -0.39 is 11.2 Å². The molecule has 0 atom stereocenters. The molecule has 1 amide bonds. The molecule has 0 saturated heterocycles. The first-order valence-corrected chi connectivity index (χ1v) is 11.7. The highest BCUT2D eigenvalue weighted by atomic mass is 32.2. The van der Waals surface area contributed by atoms with E-state index in [-0.39, 0.29) is 28.6 Å². The maximum absolute atomic E-state index is 12.8. The van der Waals surface area contributed by atoms with Crippen LogP contribution in [0.15, 0.2) is 38.9 Å². The number of amides is 1. The van der Waals surface area contributed by atoms with Crippen LogP contribution >= 0.6 is 11.8 Å². The minimum Gasteiger partial charge on any atom is -0.325 e. The number of aromatic nitrogens is 4. The summed E-state index contributed by atoms with van der Waals surface area (Å²) in [5.41, 5.74) is 1.33. The number of anilines is 1. The average molecular weight is 456 g/mol. The van der Waals surface area contributed by atoms with Crippen molar-refractivity contribution in [2.24, 2.45) is 14.1 Å². The Bertz CT molecular complexity index is 1250. The van der Waals surface area contributed by atoms with E-state index in [1.54, 1.807) is 7.05 Å². The first-order valence-electron chi connectivity index (χ1n) is 10.7. The van der Waals surface area contributed by atoms with Crippen molar-refractivity contribution in [2.45, 2.75) is 51.0 Å². The monoisotopic (exact) mass is 455 g/mol. The van der Waals surface area contributed by atoms with E-state index in [0.29, 0.717) is 10.9 Å². The SMILES string of the molecule is CCCCc1ccc(NC(=O)CSc2nc(C(C)C)nc3c2c(=O)n(C)c(=O)n3C)cc1. The molecule has 0 saturated carbocycles. The second-order valence-electron chi connectivity index (χ2n) is 8.08. The second-order valence-corrected chi connectivity index (χ2v) is 9.05. The number of aryl methyl sites for hydroxylation is 2. The summed E-state index contributed by atoms with van der Waals surface area (Å²) in [6.07, 6.45) is 3.30. The zero-order chi connectivity index (χ0) is 23.4. The van der Waals surface area contributed by atoms with Gasteiger partial charge in [-0.15, -0.1) is 0 Å². The van der Waals surface area contributed by atoms with E-state index in [4.69, 9.17) is 0 Å². The topological polar surface area (TPSA) is 98.9 Å². The summed E-state index contributed by atoms with van der Waals surface area (Å²) in [7, 11) is 3.00. The van der Waals surface area contributed by atoms with Gasteiger partial charge in [-0.25, -0.2) is 14.8 Å². The number of carbonyl (C=O) groups is 1. The Balaban J connectivity index is 1.84. The van der Waals surface area contributed by atoms with Gasteiger partial charge in [-0.3, -0.25) is 18.7 Å². The molecule has 0 unspecified atom stereocenters. The van der Waals surface area contributed by atoms with Crippen LogP contribution in [0.4, 0.5) is 5.69 Å². The highest BCUT2D eigenvalue weighted by Gasteiger charge is 2.19. The van der Waals surface area contributed by atoms with E-state index in [2.05, 4.69) is 22.2 Å². The van der Waals surface area contributed by atoms with Crippen molar-refractivity contribution < 1.29 is 4.79 Å². The molecule has 1 N–H and O–H groups in total. The fourth-order valence-corrected chi connectivity index (χ4v) is 4.10. The Hall–Kier alpha value is -2.94. The van der Waals surface area contributed by atoms with Crippen molar-refractivity contribution in [1.82, 2.24) is 19.1 Å². The van der Waals surface area contributed by atoms with Crippen LogP contribution in [0.25, 0.3) is 11.0 Å². The third-order valence-electron chi connectivity index (χ3n) is 5.20. The molecule has 0 fully saturated rings. The molecule has 170 valence electrons. The van der Waals surface area contributed by atoms with Gasteiger partial charge in [0.1, 0.15) is 16.2 Å². The standard InChI is InChI=1S/C23H29N5O3S/c1-6-7-8-15-9-11-16(12-10-15)24-17(29)13-32-21-18-20(25-19(26-21)14(2)3)27(4)23(31)28(5)22(18)30/h9-12,14H,6-8,13H2,1-5H3,(H,24,29). The lowest BCUT2D eigenvalue weighted by molar-refractivity contribution is -0.113. The van der Waals surface area contributed by atoms with Gasteiger partial charge in [-0.05, 0) is 30.5 Å². The van der Waals surface area contributed by atoms with Crippen molar-refractivity contribution in [3.63, 3.8) is 0 Å². The molecule has 2 aromatic heterocycles.